The molecule has 0 bridgehead atoms. The number of unbranched alkanes of at least 4 members (excludes halogenated alkanes) is 1. The van der Waals surface area contributed by atoms with E-state index in [1.54, 1.807) is 12.1 Å². The zero-order valence-electron chi connectivity index (χ0n) is 8.53. The first kappa shape index (κ1) is 12.8. The second-order valence-corrected chi connectivity index (χ2v) is 6.37. The molecule has 1 N–H and O–H groups in total. The summed E-state index contributed by atoms with van der Waals surface area (Å²) >= 11 is 2.18. The summed E-state index contributed by atoms with van der Waals surface area (Å²) in [5.41, 5.74) is 0.631. The van der Waals surface area contributed by atoms with Crippen LogP contribution in [0.5, 0.6) is 0 Å². The second kappa shape index (κ2) is 5.69. The molecule has 0 aliphatic heterocycles. The van der Waals surface area contributed by atoms with Gasteiger partial charge < -0.3 is 0 Å². The standard InChI is InChI=1S/C10H14INO2S/c1-2-3-8-15(13,14)12-10-6-4-9(11)5-7-10/h4-7,12H,2-3,8H2,1H3. The lowest BCUT2D eigenvalue weighted by atomic mass is 10.3. The first-order valence-corrected chi connectivity index (χ1v) is 7.52. The summed E-state index contributed by atoms with van der Waals surface area (Å²) in [5.74, 6) is 0.190. The topological polar surface area (TPSA) is 46.2 Å². The molecule has 84 valence electrons. The summed E-state index contributed by atoms with van der Waals surface area (Å²) in [4.78, 5) is 0. The Morgan fingerprint density at radius 1 is 1.27 bits per heavy atom. The van der Waals surface area contributed by atoms with Crippen molar-refractivity contribution in [1.82, 2.24) is 0 Å². The number of halogens is 1. The van der Waals surface area contributed by atoms with Crippen molar-refractivity contribution >= 4 is 38.3 Å². The molecule has 0 unspecified atom stereocenters. The molecule has 0 saturated carbocycles. The lowest BCUT2D eigenvalue weighted by Crippen LogP contribution is -2.16. The summed E-state index contributed by atoms with van der Waals surface area (Å²) < 4.78 is 26.7. The van der Waals surface area contributed by atoms with E-state index in [0.717, 1.165) is 9.99 Å². The minimum Gasteiger partial charge on any atom is -0.284 e. The van der Waals surface area contributed by atoms with Crippen molar-refractivity contribution in [2.24, 2.45) is 0 Å². The van der Waals surface area contributed by atoms with Gasteiger partial charge in [0.1, 0.15) is 0 Å². The molecular weight excluding hydrogens is 325 g/mol. The van der Waals surface area contributed by atoms with E-state index in [4.69, 9.17) is 0 Å². The van der Waals surface area contributed by atoms with Gasteiger partial charge in [-0.1, -0.05) is 13.3 Å². The highest BCUT2D eigenvalue weighted by Crippen LogP contribution is 2.13. The van der Waals surface area contributed by atoms with Crippen LogP contribution in [0.3, 0.4) is 0 Å². The number of hydrogen-bond donors (Lipinski definition) is 1. The molecule has 0 aromatic heterocycles. The zero-order valence-corrected chi connectivity index (χ0v) is 11.5. The molecule has 0 aliphatic rings. The molecule has 1 aromatic carbocycles. The first-order chi connectivity index (χ1) is 7.03. The van der Waals surface area contributed by atoms with E-state index in [2.05, 4.69) is 27.3 Å². The Kier molecular flexibility index (Phi) is 4.85. The van der Waals surface area contributed by atoms with Crippen LogP contribution in [0, 0.1) is 3.57 Å². The van der Waals surface area contributed by atoms with Crippen LogP contribution < -0.4 is 4.72 Å². The minimum absolute atomic E-state index is 0.190. The summed E-state index contributed by atoms with van der Waals surface area (Å²) in [6.45, 7) is 1.97. The number of rotatable bonds is 5. The molecule has 5 heteroatoms. The van der Waals surface area contributed by atoms with Gasteiger partial charge in [-0.05, 0) is 53.3 Å². The molecule has 0 radical (unpaired) electrons. The molecule has 0 heterocycles. The van der Waals surface area contributed by atoms with Crippen LogP contribution in [0.2, 0.25) is 0 Å². The summed E-state index contributed by atoms with van der Waals surface area (Å²) in [6.07, 6.45) is 1.58. The maximum atomic E-state index is 11.5. The quantitative estimate of drug-likeness (QED) is 0.839. The van der Waals surface area contributed by atoms with Crippen molar-refractivity contribution in [2.75, 3.05) is 10.5 Å². The van der Waals surface area contributed by atoms with Crippen molar-refractivity contribution in [2.45, 2.75) is 19.8 Å². The zero-order chi connectivity index (χ0) is 11.3. The third-order valence-electron chi connectivity index (χ3n) is 1.88. The van der Waals surface area contributed by atoms with Crippen LogP contribution in [0.25, 0.3) is 0 Å². The summed E-state index contributed by atoms with van der Waals surface area (Å²) in [6, 6.07) is 7.28. The van der Waals surface area contributed by atoms with Crippen molar-refractivity contribution in [3.63, 3.8) is 0 Å². The molecule has 0 saturated heterocycles. The van der Waals surface area contributed by atoms with Crippen LogP contribution in [-0.2, 0) is 10.0 Å². The van der Waals surface area contributed by atoms with Crippen molar-refractivity contribution in [3.8, 4) is 0 Å². The van der Waals surface area contributed by atoms with Crippen molar-refractivity contribution in [3.05, 3.63) is 27.8 Å². The summed E-state index contributed by atoms with van der Waals surface area (Å²) in [7, 11) is -3.16. The van der Waals surface area contributed by atoms with Crippen LogP contribution in [0.4, 0.5) is 5.69 Å². The van der Waals surface area contributed by atoms with Gasteiger partial charge in [0.2, 0.25) is 10.0 Å². The van der Waals surface area contributed by atoms with E-state index in [0.29, 0.717) is 12.1 Å². The Morgan fingerprint density at radius 2 is 1.87 bits per heavy atom. The fourth-order valence-electron chi connectivity index (χ4n) is 1.08. The first-order valence-electron chi connectivity index (χ1n) is 4.79. The van der Waals surface area contributed by atoms with Gasteiger partial charge in [0.05, 0.1) is 5.75 Å². The molecule has 0 fully saturated rings. The average Bonchev–Trinajstić information content (AvgIpc) is 2.18. The van der Waals surface area contributed by atoms with Crippen molar-refractivity contribution < 1.29 is 8.42 Å². The van der Waals surface area contributed by atoms with Crippen LogP contribution in [0.15, 0.2) is 24.3 Å². The smallest absolute Gasteiger partial charge is 0.232 e. The number of nitrogens with one attached hydrogen (secondary N) is 1. The Hall–Kier alpha value is -0.300. The third kappa shape index (κ3) is 4.83. The van der Waals surface area contributed by atoms with Gasteiger partial charge in [-0.25, -0.2) is 8.42 Å². The molecule has 0 atom stereocenters. The van der Waals surface area contributed by atoms with E-state index in [-0.39, 0.29) is 5.75 Å². The van der Waals surface area contributed by atoms with E-state index < -0.39 is 10.0 Å². The third-order valence-corrected chi connectivity index (χ3v) is 3.98. The molecule has 3 nitrogen and oxygen atoms in total. The molecule has 0 amide bonds. The van der Waals surface area contributed by atoms with Gasteiger partial charge in [0, 0.05) is 9.26 Å². The van der Waals surface area contributed by atoms with E-state index in [9.17, 15) is 8.42 Å². The lowest BCUT2D eigenvalue weighted by molar-refractivity contribution is 0.598. The van der Waals surface area contributed by atoms with E-state index in [1.165, 1.54) is 0 Å². The highest BCUT2D eigenvalue weighted by molar-refractivity contribution is 14.1. The Bertz CT molecular complexity index is 400. The van der Waals surface area contributed by atoms with Crippen LogP contribution in [-0.4, -0.2) is 14.2 Å². The predicted octanol–water partition coefficient (Wildman–Crippen LogP) is 2.83. The Labute approximate surface area is 104 Å². The van der Waals surface area contributed by atoms with Gasteiger partial charge >= 0.3 is 0 Å². The second-order valence-electron chi connectivity index (χ2n) is 3.28. The Balaban J connectivity index is 2.65. The monoisotopic (exact) mass is 339 g/mol. The van der Waals surface area contributed by atoms with E-state index >= 15 is 0 Å². The number of sulfonamides is 1. The predicted molar refractivity (Wildman–Crippen MR) is 71.5 cm³/mol. The highest BCUT2D eigenvalue weighted by Gasteiger charge is 2.08. The molecule has 1 aromatic rings. The fraction of sp³-hybridized carbons (Fsp3) is 0.400. The number of anilines is 1. The summed E-state index contributed by atoms with van der Waals surface area (Å²) in [5, 5.41) is 0. The maximum Gasteiger partial charge on any atom is 0.232 e. The number of benzene rings is 1. The van der Waals surface area contributed by atoms with Gasteiger partial charge in [0.15, 0.2) is 0 Å². The normalized spacial score (nSPS) is 11.3. The average molecular weight is 339 g/mol. The molecule has 1 rings (SSSR count). The Morgan fingerprint density at radius 3 is 2.40 bits per heavy atom. The molecule has 15 heavy (non-hydrogen) atoms. The lowest BCUT2D eigenvalue weighted by Gasteiger charge is -2.07. The number of hydrogen-bond acceptors (Lipinski definition) is 2. The largest absolute Gasteiger partial charge is 0.284 e. The molecule has 0 spiro atoms. The highest BCUT2D eigenvalue weighted by atomic mass is 127. The molecule has 0 aliphatic carbocycles. The van der Waals surface area contributed by atoms with Gasteiger partial charge in [-0.3, -0.25) is 4.72 Å². The van der Waals surface area contributed by atoms with E-state index in [1.807, 2.05) is 19.1 Å². The molecular formula is C10H14INO2S. The van der Waals surface area contributed by atoms with Crippen LogP contribution >= 0.6 is 22.6 Å². The fourth-order valence-corrected chi connectivity index (χ4v) is 2.71. The SMILES string of the molecule is CCCCS(=O)(=O)Nc1ccc(I)cc1. The van der Waals surface area contributed by atoms with Crippen molar-refractivity contribution in [1.29, 1.82) is 0 Å². The minimum atomic E-state index is -3.16. The van der Waals surface area contributed by atoms with Gasteiger partial charge in [-0.2, -0.15) is 0 Å². The van der Waals surface area contributed by atoms with Gasteiger partial charge in [0.25, 0.3) is 0 Å². The maximum absolute atomic E-state index is 11.5. The van der Waals surface area contributed by atoms with Gasteiger partial charge in [-0.15, -0.1) is 0 Å². The van der Waals surface area contributed by atoms with Crippen LogP contribution in [0.1, 0.15) is 19.8 Å².